The van der Waals surface area contributed by atoms with Crippen molar-refractivity contribution in [2.45, 2.75) is 13.8 Å². The summed E-state index contributed by atoms with van der Waals surface area (Å²) in [6, 6.07) is 5.14. The number of nitrogens with zero attached hydrogens (tertiary/aromatic N) is 1. The van der Waals surface area contributed by atoms with Crippen LogP contribution in [0, 0.1) is 0 Å². The molecule has 2 rings (SSSR count). The quantitative estimate of drug-likeness (QED) is 0.666. The minimum Gasteiger partial charge on any atom is -0.512 e. The van der Waals surface area contributed by atoms with Crippen molar-refractivity contribution in [1.29, 1.82) is 0 Å². The van der Waals surface area contributed by atoms with Crippen molar-refractivity contribution >= 4 is 22.5 Å². The molecule has 1 heterocycles. The van der Waals surface area contributed by atoms with Crippen LogP contribution in [0.4, 0.5) is 0 Å². The highest BCUT2D eigenvalue weighted by atomic mass is 16.5. The molecule has 1 N–H and O–H groups in total. The Balaban J connectivity index is 2.60. The molecule has 0 radical (unpaired) electrons. The Labute approximate surface area is 104 Å². The summed E-state index contributed by atoms with van der Waals surface area (Å²) < 4.78 is 10.5. The molecule has 0 aliphatic rings. The standard InChI is InChI=1S/C13H13NO4/c1-7(15)12(8(2)16)13-14-10-6-9(17-3)4-5-11(10)18-13/h4-6,15H,1-3H3/b12-7-. The normalized spacial score (nSPS) is 12.4. The predicted octanol–water partition coefficient (Wildman–Crippen LogP) is 2.71. The van der Waals surface area contributed by atoms with Crippen molar-refractivity contribution in [3.63, 3.8) is 0 Å². The SMILES string of the molecule is COc1ccc2oc(/C(C(C)=O)=C(/C)O)nc2c1. The summed E-state index contributed by atoms with van der Waals surface area (Å²) in [5.74, 6) is 0.358. The van der Waals surface area contributed by atoms with Crippen molar-refractivity contribution in [1.82, 2.24) is 4.98 Å². The van der Waals surface area contributed by atoms with E-state index in [9.17, 15) is 9.90 Å². The summed E-state index contributed by atoms with van der Waals surface area (Å²) in [5.41, 5.74) is 1.19. The molecule has 0 unspecified atom stereocenters. The number of rotatable bonds is 3. The molecule has 1 aromatic heterocycles. The Morgan fingerprint density at radius 1 is 1.39 bits per heavy atom. The monoisotopic (exact) mass is 247 g/mol. The van der Waals surface area contributed by atoms with Crippen molar-refractivity contribution < 1.29 is 19.1 Å². The first-order valence-corrected chi connectivity index (χ1v) is 5.38. The van der Waals surface area contributed by atoms with Crippen LogP contribution in [0.1, 0.15) is 19.7 Å². The molecule has 0 saturated heterocycles. The molecule has 0 aliphatic heterocycles. The minimum absolute atomic E-state index is 0.0881. The van der Waals surface area contributed by atoms with Gasteiger partial charge >= 0.3 is 0 Å². The molecule has 0 aliphatic carbocycles. The van der Waals surface area contributed by atoms with E-state index in [-0.39, 0.29) is 23.0 Å². The summed E-state index contributed by atoms with van der Waals surface area (Å²) in [4.78, 5) is 15.6. The van der Waals surface area contributed by atoms with Crippen molar-refractivity contribution in [3.8, 4) is 5.75 Å². The number of methoxy groups -OCH3 is 1. The highest BCUT2D eigenvalue weighted by Crippen LogP contribution is 2.26. The zero-order valence-corrected chi connectivity index (χ0v) is 10.4. The molecule has 0 atom stereocenters. The van der Waals surface area contributed by atoms with Gasteiger partial charge < -0.3 is 14.3 Å². The molecule has 2 aromatic rings. The van der Waals surface area contributed by atoms with Crippen LogP contribution >= 0.6 is 0 Å². The number of carbonyl (C=O) groups is 1. The molecule has 1 aromatic carbocycles. The lowest BCUT2D eigenvalue weighted by Gasteiger charge is -1.98. The first-order valence-electron chi connectivity index (χ1n) is 5.38. The van der Waals surface area contributed by atoms with Crippen molar-refractivity contribution in [2.24, 2.45) is 0 Å². The fourth-order valence-corrected chi connectivity index (χ4v) is 1.70. The van der Waals surface area contributed by atoms with Crippen LogP contribution in [0.15, 0.2) is 28.4 Å². The number of ketones is 1. The van der Waals surface area contributed by atoms with Gasteiger partial charge in [-0.1, -0.05) is 0 Å². The van der Waals surface area contributed by atoms with E-state index in [4.69, 9.17) is 9.15 Å². The molecule has 5 nitrogen and oxygen atoms in total. The largest absolute Gasteiger partial charge is 0.512 e. The molecule has 0 fully saturated rings. The van der Waals surface area contributed by atoms with Crippen LogP contribution in [0.3, 0.4) is 0 Å². The minimum atomic E-state index is -0.298. The Morgan fingerprint density at radius 2 is 2.11 bits per heavy atom. The number of Topliss-reactive ketones (excluding diaryl/α,β-unsaturated/α-hetero) is 1. The predicted molar refractivity (Wildman–Crippen MR) is 66.5 cm³/mol. The van der Waals surface area contributed by atoms with Gasteiger partial charge in [0.1, 0.15) is 22.6 Å². The Hall–Kier alpha value is -2.30. The molecular weight excluding hydrogens is 234 g/mol. The smallest absolute Gasteiger partial charge is 0.234 e. The topological polar surface area (TPSA) is 72.6 Å². The highest BCUT2D eigenvalue weighted by molar-refractivity contribution is 6.19. The number of aliphatic hydroxyl groups excluding tert-OH is 1. The van der Waals surface area contributed by atoms with Crippen LogP contribution in [-0.4, -0.2) is 23.0 Å². The maximum atomic E-state index is 11.4. The van der Waals surface area contributed by atoms with E-state index in [1.807, 2.05) is 0 Å². The second kappa shape index (κ2) is 4.52. The van der Waals surface area contributed by atoms with Gasteiger partial charge in [-0.05, 0) is 26.0 Å². The molecule has 18 heavy (non-hydrogen) atoms. The average Bonchev–Trinajstić information content (AvgIpc) is 2.69. The number of hydrogen-bond donors (Lipinski definition) is 1. The summed E-state index contributed by atoms with van der Waals surface area (Å²) in [5, 5.41) is 9.50. The summed E-state index contributed by atoms with van der Waals surface area (Å²) in [6.45, 7) is 2.77. The van der Waals surface area contributed by atoms with Gasteiger partial charge in [-0.3, -0.25) is 4.79 Å². The summed E-state index contributed by atoms with van der Waals surface area (Å²) in [6.07, 6.45) is 0. The van der Waals surface area contributed by atoms with Gasteiger partial charge in [0.25, 0.3) is 0 Å². The van der Waals surface area contributed by atoms with Crippen LogP contribution in [0.5, 0.6) is 5.75 Å². The first-order chi connectivity index (χ1) is 8.52. The van der Waals surface area contributed by atoms with Crippen LogP contribution in [-0.2, 0) is 4.79 Å². The Morgan fingerprint density at radius 3 is 2.67 bits per heavy atom. The van der Waals surface area contributed by atoms with Gasteiger partial charge in [-0.15, -0.1) is 0 Å². The molecule has 5 heteroatoms. The zero-order chi connectivity index (χ0) is 13.3. The van der Waals surface area contributed by atoms with E-state index in [0.29, 0.717) is 16.8 Å². The van der Waals surface area contributed by atoms with Crippen LogP contribution < -0.4 is 4.74 Å². The number of hydrogen-bond acceptors (Lipinski definition) is 5. The Kier molecular flexibility index (Phi) is 3.06. The maximum Gasteiger partial charge on any atom is 0.234 e. The molecule has 0 amide bonds. The molecular formula is C13H13NO4. The number of benzene rings is 1. The number of carbonyl (C=O) groups excluding carboxylic acids is 1. The number of aliphatic hydroxyl groups is 1. The van der Waals surface area contributed by atoms with Crippen LogP contribution in [0.25, 0.3) is 16.7 Å². The second-order valence-electron chi connectivity index (χ2n) is 3.87. The summed E-state index contributed by atoms with van der Waals surface area (Å²) >= 11 is 0. The number of allylic oxidation sites excluding steroid dienone is 2. The van der Waals surface area contributed by atoms with Gasteiger partial charge in [0.15, 0.2) is 11.4 Å². The van der Waals surface area contributed by atoms with E-state index >= 15 is 0 Å². The molecule has 94 valence electrons. The van der Waals surface area contributed by atoms with Crippen molar-refractivity contribution in [3.05, 3.63) is 29.8 Å². The van der Waals surface area contributed by atoms with E-state index in [0.717, 1.165) is 0 Å². The fraction of sp³-hybridized carbons (Fsp3) is 0.231. The van der Waals surface area contributed by atoms with E-state index in [1.165, 1.54) is 13.8 Å². The van der Waals surface area contributed by atoms with Crippen molar-refractivity contribution in [2.75, 3.05) is 7.11 Å². The fourth-order valence-electron chi connectivity index (χ4n) is 1.70. The number of oxazole rings is 1. The van der Waals surface area contributed by atoms with Gasteiger partial charge in [0.05, 0.1) is 7.11 Å². The Bertz CT molecular complexity index is 635. The van der Waals surface area contributed by atoms with Gasteiger partial charge in [-0.2, -0.15) is 0 Å². The number of aromatic nitrogens is 1. The van der Waals surface area contributed by atoms with Gasteiger partial charge in [0.2, 0.25) is 5.89 Å². The number of ether oxygens (including phenoxy) is 1. The molecule has 0 saturated carbocycles. The van der Waals surface area contributed by atoms with Gasteiger partial charge in [0, 0.05) is 6.07 Å². The highest BCUT2D eigenvalue weighted by Gasteiger charge is 2.18. The third kappa shape index (κ3) is 2.07. The third-order valence-electron chi connectivity index (χ3n) is 2.52. The third-order valence-corrected chi connectivity index (χ3v) is 2.52. The molecule has 0 bridgehead atoms. The summed E-state index contributed by atoms with van der Waals surface area (Å²) in [7, 11) is 1.56. The maximum absolute atomic E-state index is 11.4. The van der Waals surface area contributed by atoms with E-state index in [1.54, 1.807) is 25.3 Å². The second-order valence-corrected chi connectivity index (χ2v) is 3.87. The number of fused-ring (bicyclic) bond motifs is 1. The lowest BCUT2D eigenvalue weighted by Crippen LogP contribution is -1.99. The van der Waals surface area contributed by atoms with Gasteiger partial charge in [-0.25, -0.2) is 4.98 Å². The van der Waals surface area contributed by atoms with E-state index in [2.05, 4.69) is 4.98 Å². The zero-order valence-electron chi connectivity index (χ0n) is 10.4. The molecule has 0 spiro atoms. The average molecular weight is 247 g/mol. The van der Waals surface area contributed by atoms with Crippen LogP contribution in [0.2, 0.25) is 0 Å². The lowest BCUT2D eigenvalue weighted by atomic mass is 10.1. The lowest BCUT2D eigenvalue weighted by molar-refractivity contribution is -0.112. The van der Waals surface area contributed by atoms with E-state index < -0.39 is 0 Å². The first kappa shape index (κ1) is 12.2.